The van der Waals surface area contributed by atoms with Gasteiger partial charge in [-0.15, -0.1) is 0 Å². The number of nitrogens with one attached hydrogen (secondary N) is 1. The van der Waals surface area contributed by atoms with Crippen molar-refractivity contribution < 1.29 is 8.42 Å². The fourth-order valence-corrected chi connectivity index (χ4v) is 5.38. The van der Waals surface area contributed by atoms with Crippen LogP contribution in [0, 0.1) is 0 Å². The number of benzene rings is 1. The molecular weight excluding hydrogens is 351 g/mol. The summed E-state index contributed by atoms with van der Waals surface area (Å²) in [5.41, 5.74) is 5.79. The highest BCUT2D eigenvalue weighted by Crippen LogP contribution is 2.34. The van der Waals surface area contributed by atoms with E-state index in [9.17, 15) is 8.42 Å². The standard InChI is InChI=1S/C13H18Cl2N2O2S2/c1-20-9-4-2-3-8(7-9)17-21(18,19)11-6-5-10(14)13(16)12(11)15/h5-6,8-9,17H,2-4,7,16H2,1H3. The predicted molar refractivity (Wildman–Crippen MR) is 90.8 cm³/mol. The fraction of sp³-hybridized carbons (Fsp3) is 0.538. The zero-order valence-corrected chi connectivity index (χ0v) is 14.7. The number of anilines is 1. The molecule has 1 fully saturated rings. The zero-order chi connectivity index (χ0) is 15.6. The molecule has 8 heteroatoms. The summed E-state index contributed by atoms with van der Waals surface area (Å²) in [5, 5.41) is 0.725. The number of thioether (sulfide) groups is 1. The van der Waals surface area contributed by atoms with Crippen LogP contribution in [0.15, 0.2) is 17.0 Å². The largest absolute Gasteiger partial charge is 0.396 e. The smallest absolute Gasteiger partial charge is 0.242 e. The van der Waals surface area contributed by atoms with E-state index in [-0.39, 0.29) is 26.7 Å². The first-order chi connectivity index (χ1) is 9.85. The van der Waals surface area contributed by atoms with Gasteiger partial charge in [-0.1, -0.05) is 29.6 Å². The van der Waals surface area contributed by atoms with Crippen LogP contribution in [0.3, 0.4) is 0 Å². The molecule has 2 rings (SSSR count). The van der Waals surface area contributed by atoms with Gasteiger partial charge in [0.1, 0.15) is 4.90 Å². The maximum atomic E-state index is 12.5. The zero-order valence-electron chi connectivity index (χ0n) is 11.6. The number of halogens is 2. The second kappa shape index (κ2) is 6.96. The van der Waals surface area contributed by atoms with Gasteiger partial charge in [0.25, 0.3) is 0 Å². The van der Waals surface area contributed by atoms with Gasteiger partial charge < -0.3 is 5.73 Å². The molecule has 1 aromatic rings. The van der Waals surface area contributed by atoms with E-state index in [1.165, 1.54) is 12.1 Å². The molecule has 1 aliphatic carbocycles. The summed E-state index contributed by atoms with van der Waals surface area (Å²) in [6.07, 6.45) is 5.89. The highest BCUT2D eigenvalue weighted by molar-refractivity contribution is 7.99. The lowest BCUT2D eigenvalue weighted by atomic mass is 9.96. The Hall–Kier alpha value is -0.140. The van der Waals surface area contributed by atoms with Crippen molar-refractivity contribution in [3.05, 3.63) is 22.2 Å². The van der Waals surface area contributed by atoms with Crippen molar-refractivity contribution in [2.45, 2.75) is 41.9 Å². The maximum absolute atomic E-state index is 12.5. The first-order valence-electron chi connectivity index (χ1n) is 6.63. The highest BCUT2D eigenvalue weighted by Gasteiger charge is 2.28. The Bertz CT molecular complexity index is 623. The van der Waals surface area contributed by atoms with Gasteiger partial charge in [-0.05, 0) is 37.7 Å². The molecule has 0 saturated heterocycles. The highest BCUT2D eigenvalue weighted by atomic mass is 35.5. The van der Waals surface area contributed by atoms with Crippen LogP contribution in [0.25, 0.3) is 0 Å². The van der Waals surface area contributed by atoms with Crippen LogP contribution in [0.1, 0.15) is 25.7 Å². The van der Waals surface area contributed by atoms with Crippen LogP contribution < -0.4 is 10.5 Å². The fourth-order valence-electron chi connectivity index (χ4n) is 2.51. The van der Waals surface area contributed by atoms with Crippen molar-refractivity contribution in [3.63, 3.8) is 0 Å². The lowest BCUT2D eigenvalue weighted by Gasteiger charge is -2.28. The Labute approximate surface area is 139 Å². The van der Waals surface area contributed by atoms with Gasteiger partial charge in [-0.3, -0.25) is 0 Å². The van der Waals surface area contributed by atoms with Crippen molar-refractivity contribution >= 4 is 50.7 Å². The molecule has 1 aromatic carbocycles. The molecule has 0 heterocycles. The summed E-state index contributed by atoms with van der Waals surface area (Å²) in [6, 6.07) is 2.77. The number of hydrogen-bond donors (Lipinski definition) is 2. The summed E-state index contributed by atoms with van der Waals surface area (Å²) < 4.78 is 27.7. The van der Waals surface area contributed by atoms with Gasteiger partial charge in [-0.2, -0.15) is 11.8 Å². The Morgan fingerprint density at radius 1 is 1.33 bits per heavy atom. The number of nitrogen functional groups attached to an aromatic ring is 1. The minimum absolute atomic E-state index is 0.0164. The van der Waals surface area contributed by atoms with Gasteiger partial charge >= 0.3 is 0 Å². The molecular formula is C13H18Cl2N2O2S2. The van der Waals surface area contributed by atoms with Gasteiger partial charge in [0.15, 0.2) is 0 Å². The molecule has 2 unspecified atom stereocenters. The van der Waals surface area contributed by atoms with Crippen LogP contribution in [-0.4, -0.2) is 26.0 Å². The Balaban J connectivity index is 2.21. The first kappa shape index (κ1) is 17.2. The maximum Gasteiger partial charge on any atom is 0.242 e. The molecule has 1 aliphatic rings. The topological polar surface area (TPSA) is 72.2 Å². The molecule has 2 atom stereocenters. The van der Waals surface area contributed by atoms with Crippen LogP contribution >= 0.6 is 35.0 Å². The minimum Gasteiger partial charge on any atom is -0.396 e. The first-order valence-corrected chi connectivity index (χ1v) is 10.2. The molecule has 3 N–H and O–H groups in total. The van der Waals surface area contributed by atoms with E-state index in [1.807, 2.05) is 0 Å². The van der Waals surface area contributed by atoms with Gasteiger partial charge in [0.05, 0.1) is 15.7 Å². The second-order valence-electron chi connectivity index (χ2n) is 5.12. The van der Waals surface area contributed by atoms with Crippen molar-refractivity contribution in [1.29, 1.82) is 0 Å². The average Bonchev–Trinajstić information content (AvgIpc) is 2.44. The molecule has 0 aromatic heterocycles. The molecule has 0 amide bonds. The lowest BCUT2D eigenvalue weighted by molar-refractivity contribution is 0.421. The van der Waals surface area contributed by atoms with E-state index >= 15 is 0 Å². The number of sulfonamides is 1. The number of hydrogen-bond acceptors (Lipinski definition) is 4. The third-order valence-electron chi connectivity index (χ3n) is 3.66. The number of nitrogens with two attached hydrogens (primary N) is 1. The Morgan fingerprint density at radius 2 is 2.05 bits per heavy atom. The van der Waals surface area contributed by atoms with Gasteiger partial charge in [-0.25, -0.2) is 13.1 Å². The van der Waals surface area contributed by atoms with E-state index in [2.05, 4.69) is 11.0 Å². The van der Waals surface area contributed by atoms with Crippen LogP contribution in [-0.2, 0) is 10.0 Å². The third-order valence-corrected chi connectivity index (χ3v) is 7.17. The van der Waals surface area contributed by atoms with E-state index in [4.69, 9.17) is 28.9 Å². The molecule has 0 radical (unpaired) electrons. The van der Waals surface area contributed by atoms with Gasteiger partial charge in [0.2, 0.25) is 10.0 Å². The Kier molecular flexibility index (Phi) is 5.71. The van der Waals surface area contributed by atoms with Gasteiger partial charge in [0, 0.05) is 11.3 Å². The number of rotatable bonds is 4. The normalized spacial score (nSPS) is 23.2. The summed E-state index contributed by atoms with van der Waals surface area (Å²) >= 11 is 13.6. The van der Waals surface area contributed by atoms with E-state index in [0.29, 0.717) is 5.25 Å². The Morgan fingerprint density at radius 3 is 2.71 bits per heavy atom. The molecule has 0 spiro atoms. The molecule has 1 saturated carbocycles. The monoisotopic (exact) mass is 368 g/mol. The molecule has 4 nitrogen and oxygen atoms in total. The summed E-state index contributed by atoms with van der Waals surface area (Å²) in [5.74, 6) is 0. The van der Waals surface area contributed by atoms with Crippen molar-refractivity contribution in [2.24, 2.45) is 0 Å². The molecule has 0 bridgehead atoms. The summed E-state index contributed by atoms with van der Waals surface area (Å²) in [4.78, 5) is -0.0164. The summed E-state index contributed by atoms with van der Waals surface area (Å²) in [7, 11) is -3.69. The lowest BCUT2D eigenvalue weighted by Crippen LogP contribution is -2.39. The molecule has 0 aliphatic heterocycles. The SMILES string of the molecule is CSC1CCCC(NS(=O)(=O)c2ccc(Cl)c(N)c2Cl)C1. The van der Waals surface area contributed by atoms with Crippen LogP contribution in [0.5, 0.6) is 0 Å². The third kappa shape index (κ3) is 3.99. The summed E-state index contributed by atoms with van der Waals surface area (Å²) in [6.45, 7) is 0. The quantitative estimate of drug-likeness (QED) is 0.797. The van der Waals surface area contributed by atoms with Crippen molar-refractivity contribution in [2.75, 3.05) is 12.0 Å². The van der Waals surface area contributed by atoms with E-state index < -0.39 is 10.0 Å². The minimum atomic E-state index is -3.69. The van der Waals surface area contributed by atoms with Crippen LogP contribution in [0.4, 0.5) is 5.69 Å². The second-order valence-corrected chi connectivity index (χ2v) is 8.72. The van der Waals surface area contributed by atoms with E-state index in [1.54, 1.807) is 11.8 Å². The molecule has 118 valence electrons. The molecule has 21 heavy (non-hydrogen) atoms. The predicted octanol–water partition coefficient (Wildman–Crippen LogP) is 3.53. The van der Waals surface area contributed by atoms with Crippen molar-refractivity contribution in [3.8, 4) is 0 Å². The van der Waals surface area contributed by atoms with E-state index in [0.717, 1.165) is 25.7 Å². The van der Waals surface area contributed by atoms with Crippen molar-refractivity contribution in [1.82, 2.24) is 4.72 Å². The average molecular weight is 369 g/mol. The van der Waals surface area contributed by atoms with Crippen LogP contribution in [0.2, 0.25) is 10.0 Å².